The Hall–Kier alpha value is -3.62. The van der Waals surface area contributed by atoms with Crippen LogP contribution in [0.4, 0.5) is 5.69 Å². The van der Waals surface area contributed by atoms with E-state index in [1.165, 1.54) is 19.4 Å². The van der Waals surface area contributed by atoms with E-state index >= 15 is 0 Å². The highest BCUT2D eigenvalue weighted by Gasteiger charge is 2.28. The Kier molecular flexibility index (Phi) is 8.36. The second kappa shape index (κ2) is 11.0. The van der Waals surface area contributed by atoms with Crippen molar-refractivity contribution in [3.05, 3.63) is 54.0 Å². The van der Waals surface area contributed by atoms with Crippen LogP contribution in [0.25, 0.3) is 0 Å². The topological polar surface area (TPSA) is 118 Å². The number of rotatable bonds is 9. The largest absolute Gasteiger partial charge is 0.459 e. The number of furan rings is 1. The summed E-state index contributed by atoms with van der Waals surface area (Å²) >= 11 is 0. The maximum atomic E-state index is 12.4. The number of anilines is 1. The molecule has 0 spiro atoms. The van der Waals surface area contributed by atoms with Gasteiger partial charge < -0.3 is 24.7 Å². The van der Waals surface area contributed by atoms with Crippen LogP contribution in [-0.4, -0.2) is 54.8 Å². The molecular weight excluding hydrogens is 402 g/mol. The molecule has 0 aliphatic rings. The fraction of sp³-hybridized carbons (Fsp3) is 0.364. The highest BCUT2D eigenvalue weighted by Crippen LogP contribution is 2.09. The number of hydrogen-bond acceptors (Lipinski definition) is 6. The fourth-order valence-electron chi connectivity index (χ4n) is 2.59. The molecule has 2 rings (SSSR count). The molecule has 1 aromatic heterocycles. The molecule has 0 fully saturated rings. The number of likely N-dealkylation sites (N-methyl/N-ethyl adjacent to an activating group) is 1. The molecule has 1 aromatic carbocycles. The predicted octanol–water partition coefficient (Wildman–Crippen LogP) is 1.98. The first kappa shape index (κ1) is 23.7. The van der Waals surface area contributed by atoms with Gasteiger partial charge in [-0.05, 0) is 37.1 Å². The lowest BCUT2D eigenvalue weighted by Crippen LogP contribution is -2.46. The third-order valence-electron chi connectivity index (χ3n) is 4.43. The van der Waals surface area contributed by atoms with Crippen molar-refractivity contribution in [1.82, 2.24) is 10.2 Å². The van der Waals surface area contributed by atoms with Gasteiger partial charge in [-0.3, -0.25) is 14.4 Å². The molecule has 166 valence electrons. The van der Waals surface area contributed by atoms with Crippen LogP contribution in [0, 0.1) is 12.8 Å². The Morgan fingerprint density at radius 3 is 2.35 bits per heavy atom. The zero-order valence-corrected chi connectivity index (χ0v) is 18.0. The first-order valence-electron chi connectivity index (χ1n) is 9.79. The molecular formula is C22H27N3O6. The number of carbonyl (C=O) groups excluding carboxylic acids is 4. The van der Waals surface area contributed by atoms with E-state index < -0.39 is 30.4 Å². The first-order valence-corrected chi connectivity index (χ1v) is 9.79. The van der Waals surface area contributed by atoms with E-state index in [0.717, 1.165) is 10.5 Å². The summed E-state index contributed by atoms with van der Waals surface area (Å²) in [5.41, 5.74) is 1.68. The summed E-state index contributed by atoms with van der Waals surface area (Å²) in [5.74, 6) is -2.45. The van der Waals surface area contributed by atoms with Crippen molar-refractivity contribution in [2.24, 2.45) is 5.92 Å². The molecule has 9 nitrogen and oxygen atoms in total. The predicted molar refractivity (Wildman–Crippen MR) is 113 cm³/mol. The number of esters is 1. The minimum absolute atomic E-state index is 0.0637. The van der Waals surface area contributed by atoms with Crippen molar-refractivity contribution in [2.45, 2.75) is 26.8 Å². The van der Waals surface area contributed by atoms with Gasteiger partial charge >= 0.3 is 5.97 Å². The van der Waals surface area contributed by atoms with Crippen molar-refractivity contribution in [3.8, 4) is 0 Å². The summed E-state index contributed by atoms with van der Waals surface area (Å²) in [6, 6.07) is 9.32. The van der Waals surface area contributed by atoms with Crippen molar-refractivity contribution in [1.29, 1.82) is 0 Å². The summed E-state index contributed by atoms with van der Waals surface area (Å²) in [7, 11) is 1.43. The van der Waals surface area contributed by atoms with E-state index in [1.807, 2.05) is 19.1 Å². The number of nitrogens with one attached hydrogen (secondary N) is 2. The van der Waals surface area contributed by atoms with Gasteiger partial charge in [0.25, 0.3) is 11.8 Å². The lowest BCUT2D eigenvalue weighted by Gasteiger charge is -2.21. The summed E-state index contributed by atoms with van der Waals surface area (Å²) in [6.07, 6.45) is 1.35. The number of nitrogens with zero attached hydrogens (tertiary/aromatic N) is 1. The van der Waals surface area contributed by atoms with Crippen LogP contribution in [0.1, 0.15) is 30.0 Å². The maximum Gasteiger partial charge on any atom is 0.329 e. The van der Waals surface area contributed by atoms with Crippen LogP contribution >= 0.6 is 0 Å². The molecule has 0 saturated carbocycles. The van der Waals surface area contributed by atoms with E-state index in [0.29, 0.717) is 5.69 Å². The van der Waals surface area contributed by atoms with Crippen molar-refractivity contribution in [2.75, 3.05) is 25.5 Å². The van der Waals surface area contributed by atoms with Gasteiger partial charge in [0.15, 0.2) is 12.4 Å². The molecule has 1 unspecified atom stereocenters. The van der Waals surface area contributed by atoms with Crippen LogP contribution in [0.5, 0.6) is 0 Å². The molecule has 0 saturated heterocycles. The Morgan fingerprint density at radius 2 is 1.77 bits per heavy atom. The summed E-state index contributed by atoms with van der Waals surface area (Å²) < 4.78 is 10.1. The second-order valence-electron chi connectivity index (χ2n) is 7.44. The van der Waals surface area contributed by atoms with E-state index in [9.17, 15) is 19.2 Å². The average Bonchev–Trinajstić information content (AvgIpc) is 3.26. The van der Waals surface area contributed by atoms with E-state index in [-0.39, 0.29) is 24.1 Å². The van der Waals surface area contributed by atoms with Crippen LogP contribution in [0.15, 0.2) is 47.1 Å². The van der Waals surface area contributed by atoms with Crippen LogP contribution in [-0.2, 0) is 19.1 Å². The molecule has 3 amide bonds. The Labute approximate surface area is 180 Å². The second-order valence-corrected chi connectivity index (χ2v) is 7.44. The molecule has 0 bridgehead atoms. The number of ether oxygens (including phenoxy) is 1. The quantitative estimate of drug-likeness (QED) is 0.589. The number of carbonyl (C=O) groups is 4. The van der Waals surface area contributed by atoms with Crippen LogP contribution in [0.3, 0.4) is 0 Å². The minimum Gasteiger partial charge on any atom is -0.459 e. The van der Waals surface area contributed by atoms with Gasteiger partial charge in [0.05, 0.1) is 12.8 Å². The van der Waals surface area contributed by atoms with E-state index in [2.05, 4.69) is 10.6 Å². The SMILES string of the molecule is Cc1ccc(NC(=O)CN(C)C(=O)COC(=O)C(NC(=O)c2ccco2)C(C)C)cc1. The Bertz CT molecular complexity index is 906. The molecule has 1 atom stereocenters. The number of amides is 3. The molecule has 31 heavy (non-hydrogen) atoms. The molecule has 2 aromatic rings. The molecule has 1 heterocycles. The number of benzene rings is 1. The molecule has 0 radical (unpaired) electrons. The number of aryl methyl sites for hydroxylation is 1. The zero-order valence-electron chi connectivity index (χ0n) is 18.0. The van der Waals surface area contributed by atoms with Crippen molar-refractivity contribution in [3.63, 3.8) is 0 Å². The number of hydrogen-bond donors (Lipinski definition) is 2. The highest BCUT2D eigenvalue weighted by molar-refractivity contribution is 5.96. The monoisotopic (exact) mass is 429 g/mol. The Morgan fingerprint density at radius 1 is 1.10 bits per heavy atom. The third kappa shape index (κ3) is 7.29. The summed E-state index contributed by atoms with van der Waals surface area (Å²) in [6.45, 7) is 4.65. The molecule has 0 aliphatic heterocycles. The Balaban J connectivity index is 1.82. The minimum atomic E-state index is -0.958. The smallest absolute Gasteiger partial charge is 0.329 e. The van der Waals surface area contributed by atoms with Gasteiger partial charge in [0.1, 0.15) is 6.04 Å². The highest BCUT2D eigenvalue weighted by atomic mass is 16.5. The van der Waals surface area contributed by atoms with Crippen LogP contribution in [0.2, 0.25) is 0 Å². The molecule has 9 heteroatoms. The molecule has 0 aliphatic carbocycles. The van der Waals surface area contributed by atoms with Crippen LogP contribution < -0.4 is 10.6 Å². The fourth-order valence-corrected chi connectivity index (χ4v) is 2.59. The standard InChI is InChI=1S/C22H27N3O6/c1-14(2)20(24-21(28)17-6-5-11-30-17)22(29)31-13-19(27)25(4)12-18(26)23-16-9-7-15(3)8-10-16/h5-11,14,20H,12-13H2,1-4H3,(H,23,26)(H,24,28). The summed E-state index contributed by atoms with van der Waals surface area (Å²) in [4.78, 5) is 50.0. The van der Waals surface area contributed by atoms with Gasteiger partial charge in [0, 0.05) is 12.7 Å². The van der Waals surface area contributed by atoms with Gasteiger partial charge in [-0.15, -0.1) is 0 Å². The maximum absolute atomic E-state index is 12.4. The first-order chi connectivity index (χ1) is 14.7. The van der Waals surface area contributed by atoms with Crippen molar-refractivity contribution >= 4 is 29.4 Å². The van der Waals surface area contributed by atoms with E-state index in [1.54, 1.807) is 32.0 Å². The molecule has 2 N–H and O–H groups in total. The zero-order chi connectivity index (χ0) is 23.0. The summed E-state index contributed by atoms with van der Waals surface area (Å²) in [5, 5.41) is 5.23. The van der Waals surface area contributed by atoms with E-state index in [4.69, 9.17) is 9.15 Å². The lowest BCUT2D eigenvalue weighted by atomic mass is 10.0. The van der Waals surface area contributed by atoms with Gasteiger partial charge in [-0.25, -0.2) is 4.79 Å². The van der Waals surface area contributed by atoms with Crippen molar-refractivity contribution < 1.29 is 28.3 Å². The average molecular weight is 429 g/mol. The third-order valence-corrected chi connectivity index (χ3v) is 4.43. The van der Waals surface area contributed by atoms with Gasteiger partial charge in [-0.1, -0.05) is 31.5 Å². The van der Waals surface area contributed by atoms with Gasteiger partial charge in [0.2, 0.25) is 5.91 Å². The van der Waals surface area contributed by atoms with Gasteiger partial charge in [-0.2, -0.15) is 0 Å². The normalized spacial score (nSPS) is 11.5. The lowest BCUT2D eigenvalue weighted by molar-refractivity contribution is -0.154.